The molecule has 0 aliphatic carbocycles. The standard InChI is InChI=1S/C24H20Cl3N3O3/c1-14-19(25)5-4-8-22(14)28-23(31)24(32)30-29-15(2)16-9-11-17(12-10-16)33-13-18-20(26)6-3-7-21(18)27/h3-12H,13H2,1-2H3,(H,28,31)(H,30,32). The summed E-state index contributed by atoms with van der Waals surface area (Å²) in [5.74, 6) is -1.13. The van der Waals surface area contributed by atoms with E-state index in [9.17, 15) is 9.59 Å². The van der Waals surface area contributed by atoms with Crippen molar-refractivity contribution in [1.29, 1.82) is 0 Å². The first-order chi connectivity index (χ1) is 15.8. The van der Waals surface area contributed by atoms with Gasteiger partial charge in [0.1, 0.15) is 12.4 Å². The molecule has 0 aliphatic heterocycles. The van der Waals surface area contributed by atoms with Gasteiger partial charge in [0.15, 0.2) is 0 Å². The highest BCUT2D eigenvalue weighted by atomic mass is 35.5. The van der Waals surface area contributed by atoms with Crippen LogP contribution in [0.2, 0.25) is 15.1 Å². The highest BCUT2D eigenvalue weighted by Crippen LogP contribution is 2.26. The molecule has 0 heterocycles. The number of hydrogen-bond acceptors (Lipinski definition) is 4. The predicted octanol–water partition coefficient (Wildman–Crippen LogP) is 6.01. The van der Waals surface area contributed by atoms with Gasteiger partial charge in [-0.15, -0.1) is 0 Å². The Morgan fingerprint density at radius 1 is 0.879 bits per heavy atom. The second-order valence-electron chi connectivity index (χ2n) is 7.02. The summed E-state index contributed by atoms with van der Waals surface area (Å²) in [6.07, 6.45) is 0. The number of carbonyl (C=O) groups is 2. The number of amides is 2. The Hall–Kier alpha value is -3.06. The molecule has 0 spiro atoms. The van der Waals surface area contributed by atoms with Crippen molar-refractivity contribution in [3.8, 4) is 5.75 Å². The number of nitrogens with zero attached hydrogens (tertiary/aromatic N) is 1. The van der Waals surface area contributed by atoms with E-state index in [1.807, 2.05) is 0 Å². The highest BCUT2D eigenvalue weighted by Gasteiger charge is 2.15. The number of hydrogen-bond donors (Lipinski definition) is 2. The predicted molar refractivity (Wildman–Crippen MR) is 132 cm³/mol. The lowest BCUT2D eigenvalue weighted by molar-refractivity contribution is -0.136. The lowest BCUT2D eigenvalue weighted by Gasteiger charge is -2.10. The molecule has 6 nitrogen and oxygen atoms in total. The van der Waals surface area contributed by atoms with Crippen molar-refractivity contribution in [3.63, 3.8) is 0 Å². The van der Waals surface area contributed by atoms with Crippen LogP contribution >= 0.6 is 34.8 Å². The molecule has 3 aromatic rings. The molecule has 2 N–H and O–H groups in total. The SMILES string of the molecule is CC(=NNC(=O)C(=O)Nc1cccc(Cl)c1C)c1ccc(OCc2c(Cl)cccc2Cl)cc1. The average molecular weight is 505 g/mol. The second kappa shape index (κ2) is 11.2. The van der Waals surface area contributed by atoms with Gasteiger partial charge in [-0.05, 0) is 73.5 Å². The molecule has 0 radical (unpaired) electrons. The van der Waals surface area contributed by atoms with Gasteiger partial charge in [-0.2, -0.15) is 5.10 Å². The van der Waals surface area contributed by atoms with Crippen LogP contribution in [0.4, 0.5) is 5.69 Å². The number of ether oxygens (including phenoxy) is 1. The molecule has 33 heavy (non-hydrogen) atoms. The van der Waals surface area contributed by atoms with Gasteiger partial charge in [0, 0.05) is 26.3 Å². The number of nitrogens with one attached hydrogen (secondary N) is 2. The molecule has 2 amide bonds. The zero-order valence-electron chi connectivity index (χ0n) is 17.8. The van der Waals surface area contributed by atoms with Gasteiger partial charge in [-0.1, -0.05) is 46.9 Å². The molecule has 0 saturated carbocycles. The summed E-state index contributed by atoms with van der Waals surface area (Å²) in [6, 6.07) is 17.4. The summed E-state index contributed by atoms with van der Waals surface area (Å²) in [7, 11) is 0. The number of rotatable bonds is 6. The molecular formula is C24H20Cl3N3O3. The minimum absolute atomic E-state index is 0.224. The van der Waals surface area contributed by atoms with Gasteiger partial charge in [0.05, 0.1) is 5.71 Å². The fourth-order valence-corrected chi connectivity index (χ4v) is 3.47. The van der Waals surface area contributed by atoms with E-state index in [1.165, 1.54) is 0 Å². The van der Waals surface area contributed by atoms with Crippen LogP contribution < -0.4 is 15.5 Å². The molecule has 0 fully saturated rings. The number of halogens is 3. The zero-order valence-corrected chi connectivity index (χ0v) is 20.1. The Balaban J connectivity index is 1.57. The topological polar surface area (TPSA) is 79.8 Å². The van der Waals surface area contributed by atoms with Crippen LogP contribution in [0.3, 0.4) is 0 Å². The van der Waals surface area contributed by atoms with Gasteiger partial charge in [-0.25, -0.2) is 5.43 Å². The fraction of sp³-hybridized carbons (Fsp3) is 0.125. The van der Waals surface area contributed by atoms with E-state index < -0.39 is 11.8 Å². The molecule has 0 aromatic heterocycles. The third-order valence-corrected chi connectivity index (χ3v) is 5.88. The number of carbonyl (C=O) groups excluding carboxylic acids is 2. The Morgan fingerprint density at radius 2 is 1.48 bits per heavy atom. The van der Waals surface area contributed by atoms with Crippen LogP contribution in [0.1, 0.15) is 23.6 Å². The van der Waals surface area contributed by atoms with E-state index >= 15 is 0 Å². The van der Waals surface area contributed by atoms with Crippen LogP contribution in [0, 0.1) is 6.92 Å². The molecule has 9 heteroatoms. The Labute approximate surface area is 206 Å². The van der Waals surface area contributed by atoms with Crippen molar-refractivity contribution in [2.45, 2.75) is 20.5 Å². The second-order valence-corrected chi connectivity index (χ2v) is 8.24. The van der Waals surface area contributed by atoms with Crippen LogP contribution in [0.25, 0.3) is 0 Å². The van der Waals surface area contributed by atoms with E-state index in [2.05, 4.69) is 15.8 Å². The number of benzene rings is 3. The van der Waals surface area contributed by atoms with Gasteiger partial charge >= 0.3 is 11.8 Å². The molecule has 3 aromatic carbocycles. The Bertz CT molecular complexity index is 1190. The molecule has 0 saturated heterocycles. The quantitative estimate of drug-likeness (QED) is 0.245. The van der Waals surface area contributed by atoms with Crippen LogP contribution in [0.15, 0.2) is 65.8 Å². The van der Waals surface area contributed by atoms with Crippen LogP contribution in [-0.2, 0) is 16.2 Å². The van der Waals surface area contributed by atoms with Gasteiger partial charge in [0.2, 0.25) is 0 Å². The smallest absolute Gasteiger partial charge is 0.329 e. The van der Waals surface area contributed by atoms with Crippen molar-refractivity contribution in [2.75, 3.05) is 5.32 Å². The van der Waals surface area contributed by atoms with Crippen LogP contribution in [0.5, 0.6) is 5.75 Å². The summed E-state index contributed by atoms with van der Waals surface area (Å²) in [5.41, 5.74) is 5.33. The van der Waals surface area contributed by atoms with E-state index in [0.29, 0.717) is 43.3 Å². The van der Waals surface area contributed by atoms with E-state index in [4.69, 9.17) is 39.5 Å². The molecule has 0 atom stereocenters. The normalized spacial score (nSPS) is 11.1. The first kappa shape index (κ1) is 24.6. The van der Waals surface area contributed by atoms with Crippen molar-refractivity contribution >= 4 is 58.0 Å². The van der Waals surface area contributed by atoms with Gasteiger partial charge in [0.25, 0.3) is 0 Å². The molecular weight excluding hydrogens is 485 g/mol. The van der Waals surface area contributed by atoms with Gasteiger partial charge in [-0.3, -0.25) is 9.59 Å². The summed E-state index contributed by atoms with van der Waals surface area (Å²) >= 11 is 18.3. The van der Waals surface area contributed by atoms with Crippen molar-refractivity contribution in [3.05, 3.63) is 92.4 Å². The maximum absolute atomic E-state index is 12.1. The molecule has 0 bridgehead atoms. The highest BCUT2D eigenvalue weighted by molar-refractivity contribution is 6.40. The summed E-state index contributed by atoms with van der Waals surface area (Å²) < 4.78 is 5.75. The molecule has 170 valence electrons. The largest absolute Gasteiger partial charge is 0.489 e. The summed E-state index contributed by atoms with van der Waals surface area (Å²) in [6.45, 7) is 3.68. The van der Waals surface area contributed by atoms with Crippen molar-refractivity contribution in [2.24, 2.45) is 5.10 Å². The maximum Gasteiger partial charge on any atom is 0.329 e. The van der Waals surface area contributed by atoms with Crippen LogP contribution in [-0.4, -0.2) is 17.5 Å². The summed E-state index contributed by atoms with van der Waals surface area (Å²) in [5, 5.41) is 8.07. The van der Waals surface area contributed by atoms with E-state index in [0.717, 1.165) is 5.56 Å². The number of hydrazone groups is 1. The third kappa shape index (κ3) is 6.48. The fourth-order valence-electron chi connectivity index (χ4n) is 2.79. The van der Waals surface area contributed by atoms with E-state index in [-0.39, 0.29) is 6.61 Å². The maximum atomic E-state index is 12.1. The summed E-state index contributed by atoms with van der Waals surface area (Å²) in [4.78, 5) is 24.2. The Morgan fingerprint density at radius 3 is 2.15 bits per heavy atom. The lowest BCUT2D eigenvalue weighted by atomic mass is 10.1. The first-order valence-corrected chi connectivity index (χ1v) is 11.0. The van der Waals surface area contributed by atoms with Crippen molar-refractivity contribution in [1.82, 2.24) is 5.43 Å². The monoisotopic (exact) mass is 503 g/mol. The zero-order chi connectivity index (χ0) is 24.0. The third-order valence-electron chi connectivity index (χ3n) is 4.76. The molecule has 3 rings (SSSR count). The minimum atomic E-state index is -0.898. The number of anilines is 1. The molecule has 0 unspecified atom stereocenters. The average Bonchev–Trinajstić information content (AvgIpc) is 2.80. The molecule has 0 aliphatic rings. The van der Waals surface area contributed by atoms with Gasteiger partial charge < -0.3 is 10.1 Å². The first-order valence-electron chi connectivity index (χ1n) is 9.83. The van der Waals surface area contributed by atoms with E-state index in [1.54, 1.807) is 74.5 Å². The van der Waals surface area contributed by atoms with Crippen molar-refractivity contribution < 1.29 is 14.3 Å². The lowest BCUT2D eigenvalue weighted by Crippen LogP contribution is -2.33. The Kier molecular flexibility index (Phi) is 8.33. The minimum Gasteiger partial charge on any atom is -0.489 e.